The van der Waals surface area contributed by atoms with Crippen molar-refractivity contribution in [2.45, 2.75) is 12.2 Å². The van der Waals surface area contributed by atoms with Crippen LogP contribution in [0.25, 0.3) is 0 Å². The Morgan fingerprint density at radius 2 is 2.00 bits per heavy atom. The van der Waals surface area contributed by atoms with Crippen LogP contribution in [0.4, 0.5) is 17.3 Å². The standard InChI is InChI=1S/C9H12N4O4/c10-9-5(13(16)17)1-2-8(11-9)12-3-6(14)7(15)4-12/h1-2,6-7,14-15H,3-4H2,(H2,10,11). The molecule has 2 heterocycles. The molecular weight excluding hydrogens is 228 g/mol. The van der Waals surface area contributed by atoms with Gasteiger partial charge in [0.05, 0.1) is 17.1 Å². The largest absolute Gasteiger partial charge is 0.389 e. The molecule has 2 unspecified atom stereocenters. The predicted molar refractivity (Wildman–Crippen MR) is 59.5 cm³/mol. The van der Waals surface area contributed by atoms with Gasteiger partial charge in [0.2, 0.25) is 5.82 Å². The molecule has 0 radical (unpaired) electrons. The zero-order chi connectivity index (χ0) is 12.6. The van der Waals surface area contributed by atoms with Gasteiger partial charge in [0, 0.05) is 19.2 Å². The van der Waals surface area contributed by atoms with Gasteiger partial charge in [-0.2, -0.15) is 0 Å². The van der Waals surface area contributed by atoms with Crippen LogP contribution in [0.5, 0.6) is 0 Å². The number of rotatable bonds is 2. The molecule has 0 aliphatic carbocycles. The number of hydrogen-bond donors (Lipinski definition) is 3. The summed E-state index contributed by atoms with van der Waals surface area (Å²) in [4.78, 5) is 15.4. The summed E-state index contributed by atoms with van der Waals surface area (Å²) < 4.78 is 0. The molecule has 1 aromatic rings. The Bertz CT molecular complexity index is 443. The highest BCUT2D eigenvalue weighted by atomic mass is 16.6. The Hall–Kier alpha value is -1.93. The van der Waals surface area contributed by atoms with Gasteiger partial charge in [-0.25, -0.2) is 4.98 Å². The second-order valence-electron chi connectivity index (χ2n) is 3.87. The second kappa shape index (κ2) is 4.15. The van der Waals surface area contributed by atoms with Gasteiger partial charge in [-0.15, -0.1) is 0 Å². The van der Waals surface area contributed by atoms with Crippen LogP contribution in [0.3, 0.4) is 0 Å². The maximum Gasteiger partial charge on any atom is 0.311 e. The molecule has 0 spiro atoms. The first kappa shape index (κ1) is 11.6. The zero-order valence-corrected chi connectivity index (χ0v) is 8.85. The lowest BCUT2D eigenvalue weighted by atomic mass is 10.3. The summed E-state index contributed by atoms with van der Waals surface area (Å²) >= 11 is 0. The molecule has 0 amide bonds. The van der Waals surface area contributed by atoms with Crippen LogP contribution in [-0.2, 0) is 0 Å². The topological polar surface area (TPSA) is 126 Å². The van der Waals surface area contributed by atoms with Crippen molar-refractivity contribution in [3.63, 3.8) is 0 Å². The minimum Gasteiger partial charge on any atom is -0.389 e. The van der Waals surface area contributed by atoms with E-state index in [1.807, 2.05) is 0 Å². The lowest BCUT2D eigenvalue weighted by Crippen LogP contribution is -2.22. The maximum atomic E-state index is 10.6. The third-order valence-corrected chi connectivity index (χ3v) is 2.67. The Balaban J connectivity index is 2.24. The van der Waals surface area contributed by atoms with Gasteiger partial charge in [0.15, 0.2) is 0 Å². The van der Waals surface area contributed by atoms with Gasteiger partial charge in [0.25, 0.3) is 0 Å². The third kappa shape index (κ3) is 2.12. The minimum atomic E-state index is -0.840. The fourth-order valence-electron chi connectivity index (χ4n) is 1.74. The number of nitrogens with two attached hydrogens (primary N) is 1. The molecule has 4 N–H and O–H groups in total. The number of β-amino-alcohol motifs (C(OH)–C–C–N with tert-alkyl or cyclic N) is 2. The number of nitro groups is 1. The normalized spacial score (nSPS) is 24.0. The molecule has 0 bridgehead atoms. The molecule has 1 aromatic heterocycles. The van der Waals surface area contributed by atoms with E-state index in [1.165, 1.54) is 12.1 Å². The quantitative estimate of drug-likeness (QED) is 0.452. The molecule has 2 rings (SSSR count). The summed E-state index contributed by atoms with van der Waals surface area (Å²) in [6.45, 7) is 0.455. The van der Waals surface area contributed by atoms with Gasteiger partial charge < -0.3 is 20.8 Å². The minimum absolute atomic E-state index is 0.177. The maximum absolute atomic E-state index is 10.6. The molecule has 1 aliphatic heterocycles. The Labute approximate surface area is 96.4 Å². The highest BCUT2D eigenvalue weighted by Gasteiger charge is 2.30. The van der Waals surface area contributed by atoms with Crippen molar-refractivity contribution < 1.29 is 15.1 Å². The van der Waals surface area contributed by atoms with E-state index in [-0.39, 0.29) is 24.6 Å². The molecule has 2 atom stereocenters. The van der Waals surface area contributed by atoms with Crippen LogP contribution >= 0.6 is 0 Å². The molecule has 1 saturated heterocycles. The monoisotopic (exact) mass is 240 g/mol. The summed E-state index contributed by atoms with van der Waals surface area (Å²) in [7, 11) is 0. The zero-order valence-electron chi connectivity index (χ0n) is 8.85. The van der Waals surface area contributed by atoms with Crippen LogP contribution in [0.15, 0.2) is 12.1 Å². The van der Waals surface area contributed by atoms with E-state index < -0.39 is 17.1 Å². The van der Waals surface area contributed by atoms with E-state index in [2.05, 4.69) is 4.98 Å². The Morgan fingerprint density at radius 3 is 2.47 bits per heavy atom. The molecule has 0 saturated carbocycles. The molecule has 17 heavy (non-hydrogen) atoms. The first-order valence-electron chi connectivity index (χ1n) is 5.01. The van der Waals surface area contributed by atoms with E-state index in [9.17, 15) is 20.3 Å². The Morgan fingerprint density at radius 1 is 1.41 bits per heavy atom. The molecular formula is C9H12N4O4. The number of aliphatic hydroxyl groups is 2. The molecule has 0 aromatic carbocycles. The van der Waals surface area contributed by atoms with Crippen molar-refractivity contribution >= 4 is 17.3 Å². The van der Waals surface area contributed by atoms with Gasteiger partial charge >= 0.3 is 5.69 Å². The highest BCUT2D eigenvalue weighted by molar-refractivity contribution is 5.58. The third-order valence-electron chi connectivity index (χ3n) is 2.67. The van der Waals surface area contributed by atoms with Crippen molar-refractivity contribution in [2.75, 3.05) is 23.7 Å². The number of hydrogen-bond acceptors (Lipinski definition) is 7. The SMILES string of the molecule is Nc1nc(N2CC(O)C(O)C2)ccc1[N+](=O)[O-]. The number of nitrogen functional groups attached to an aromatic ring is 1. The van der Waals surface area contributed by atoms with Gasteiger partial charge in [-0.05, 0) is 6.07 Å². The summed E-state index contributed by atoms with van der Waals surface area (Å²) in [5.41, 5.74) is 5.20. The average molecular weight is 240 g/mol. The number of aromatic nitrogens is 1. The number of anilines is 2. The molecule has 92 valence electrons. The van der Waals surface area contributed by atoms with Gasteiger partial charge in [0.1, 0.15) is 5.82 Å². The Kier molecular flexibility index (Phi) is 2.82. The first-order valence-corrected chi connectivity index (χ1v) is 5.01. The summed E-state index contributed by atoms with van der Waals surface area (Å²) in [5, 5.41) is 29.3. The molecule has 8 nitrogen and oxygen atoms in total. The molecule has 1 aliphatic rings. The fraction of sp³-hybridized carbons (Fsp3) is 0.444. The lowest BCUT2D eigenvalue weighted by Gasteiger charge is -2.16. The first-order chi connectivity index (χ1) is 7.99. The van der Waals surface area contributed by atoms with Crippen molar-refractivity contribution in [3.05, 3.63) is 22.2 Å². The van der Waals surface area contributed by atoms with Gasteiger partial charge in [-0.3, -0.25) is 10.1 Å². The fourth-order valence-corrected chi connectivity index (χ4v) is 1.74. The predicted octanol–water partition coefficient (Wildman–Crippen LogP) is -0.886. The summed E-state index contributed by atoms with van der Waals surface area (Å²) in [6.07, 6.45) is -1.68. The number of aliphatic hydroxyl groups excluding tert-OH is 2. The van der Waals surface area contributed by atoms with E-state index in [1.54, 1.807) is 4.90 Å². The van der Waals surface area contributed by atoms with E-state index in [4.69, 9.17) is 5.73 Å². The van der Waals surface area contributed by atoms with Crippen LogP contribution in [0.2, 0.25) is 0 Å². The van der Waals surface area contributed by atoms with Crippen LogP contribution in [0, 0.1) is 10.1 Å². The van der Waals surface area contributed by atoms with Crippen LogP contribution in [-0.4, -0.2) is 45.4 Å². The number of pyridine rings is 1. The lowest BCUT2D eigenvalue weighted by molar-refractivity contribution is -0.384. The number of nitrogens with zero attached hydrogens (tertiary/aromatic N) is 3. The second-order valence-corrected chi connectivity index (χ2v) is 3.87. The van der Waals surface area contributed by atoms with E-state index in [0.717, 1.165) is 0 Å². The smallest absolute Gasteiger partial charge is 0.311 e. The van der Waals surface area contributed by atoms with Crippen molar-refractivity contribution in [3.8, 4) is 0 Å². The average Bonchev–Trinajstić information content (AvgIpc) is 2.58. The van der Waals surface area contributed by atoms with Crippen LogP contribution in [0.1, 0.15) is 0 Å². The van der Waals surface area contributed by atoms with E-state index in [0.29, 0.717) is 5.82 Å². The summed E-state index contributed by atoms with van der Waals surface area (Å²) in [5.74, 6) is 0.229. The van der Waals surface area contributed by atoms with Crippen molar-refractivity contribution in [2.24, 2.45) is 0 Å². The molecule has 1 fully saturated rings. The van der Waals surface area contributed by atoms with Gasteiger partial charge in [-0.1, -0.05) is 0 Å². The van der Waals surface area contributed by atoms with Crippen molar-refractivity contribution in [1.29, 1.82) is 0 Å². The van der Waals surface area contributed by atoms with E-state index >= 15 is 0 Å². The molecule has 8 heteroatoms. The summed E-state index contributed by atoms with van der Waals surface area (Å²) in [6, 6.07) is 2.70. The van der Waals surface area contributed by atoms with Crippen LogP contribution < -0.4 is 10.6 Å². The highest BCUT2D eigenvalue weighted by Crippen LogP contribution is 2.25. The van der Waals surface area contributed by atoms with Crippen molar-refractivity contribution in [1.82, 2.24) is 4.98 Å².